The highest BCUT2D eigenvalue weighted by molar-refractivity contribution is 7.86. The van der Waals surface area contributed by atoms with Gasteiger partial charge in [-0.3, -0.25) is 0 Å². The van der Waals surface area contributed by atoms with E-state index in [1.165, 1.54) is 5.56 Å². The van der Waals surface area contributed by atoms with Gasteiger partial charge in [-0.15, -0.1) is 0 Å². The molecule has 3 rings (SSSR count). The van der Waals surface area contributed by atoms with Crippen LogP contribution in [0.2, 0.25) is 0 Å². The molecule has 2 aliphatic heterocycles. The molecule has 1 fully saturated rings. The summed E-state index contributed by atoms with van der Waals surface area (Å²) in [6.45, 7) is 5.57. The van der Waals surface area contributed by atoms with Gasteiger partial charge in [-0.2, -0.15) is 17.0 Å². The van der Waals surface area contributed by atoms with Crippen LogP contribution in [0.4, 0.5) is 0 Å². The standard InChI is InChI=1S/C17H27N3O2S/c1-2-12-20(17-7-10-18-11-8-17)23(21,22)19-13-9-15-5-3-4-6-16(15)14-19/h3-6,17-18H,2,7-14H2,1H3. The molecular formula is C17H27N3O2S. The molecule has 23 heavy (non-hydrogen) atoms. The molecule has 1 aromatic rings. The first kappa shape index (κ1) is 16.9. The summed E-state index contributed by atoms with van der Waals surface area (Å²) in [6.07, 6.45) is 3.47. The number of fused-ring (bicyclic) bond motifs is 1. The molecule has 1 aromatic carbocycles. The maximum Gasteiger partial charge on any atom is 0.282 e. The molecule has 0 bridgehead atoms. The highest BCUT2D eigenvalue weighted by Crippen LogP contribution is 2.25. The fourth-order valence-electron chi connectivity index (χ4n) is 3.62. The van der Waals surface area contributed by atoms with Crippen LogP contribution in [0.3, 0.4) is 0 Å². The highest BCUT2D eigenvalue weighted by Gasteiger charge is 2.36. The molecule has 0 atom stereocenters. The lowest BCUT2D eigenvalue weighted by Gasteiger charge is -2.38. The molecule has 0 aromatic heterocycles. The van der Waals surface area contributed by atoms with Gasteiger partial charge in [-0.05, 0) is 49.9 Å². The Labute approximate surface area is 139 Å². The van der Waals surface area contributed by atoms with Gasteiger partial charge in [0.1, 0.15) is 0 Å². The average Bonchev–Trinajstić information content (AvgIpc) is 2.60. The minimum atomic E-state index is -3.39. The van der Waals surface area contributed by atoms with E-state index < -0.39 is 10.2 Å². The molecule has 0 aliphatic carbocycles. The fourth-order valence-corrected chi connectivity index (χ4v) is 5.54. The SMILES string of the molecule is CCCN(C1CCNCC1)S(=O)(=O)N1CCc2ccccc2C1. The maximum absolute atomic E-state index is 13.2. The summed E-state index contributed by atoms with van der Waals surface area (Å²) in [5, 5.41) is 3.32. The van der Waals surface area contributed by atoms with Gasteiger partial charge < -0.3 is 5.32 Å². The lowest BCUT2D eigenvalue weighted by atomic mass is 10.0. The van der Waals surface area contributed by atoms with Crippen LogP contribution in [0.1, 0.15) is 37.3 Å². The molecule has 2 heterocycles. The van der Waals surface area contributed by atoms with Crippen molar-refractivity contribution >= 4 is 10.2 Å². The van der Waals surface area contributed by atoms with Crippen molar-refractivity contribution in [3.8, 4) is 0 Å². The molecule has 0 amide bonds. The lowest BCUT2D eigenvalue weighted by molar-refractivity contribution is 0.237. The van der Waals surface area contributed by atoms with Gasteiger partial charge in [0.15, 0.2) is 0 Å². The summed E-state index contributed by atoms with van der Waals surface area (Å²) < 4.78 is 29.9. The minimum absolute atomic E-state index is 0.137. The van der Waals surface area contributed by atoms with Crippen LogP contribution in [0.25, 0.3) is 0 Å². The van der Waals surface area contributed by atoms with E-state index in [0.29, 0.717) is 19.6 Å². The van der Waals surface area contributed by atoms with Crippen LogP contribution in [0, 0.1) is 0 Å². The molecule has 6 heteroatoms. The van der Waals surface area contributed by atoms with E-state index >= 15 is 0 Å². The number of hydrogen-bond donors (Lipinski definition) is 1. The molecule has 5 nitrogen and oxygen atoms in total. The maximum atomic E-state index is 13.2. The fraction of sp³-hybridized carbons (Fsp3) is 0.647. The number of hydrogen-bond acceptors (Lipinski definition) is 3. The van der Waals surface area contributed by atoms with Crippen molar-refractivity contribution in [2.24, 2.45) is 0 Å². The van der Waals surface area contributed by atoms with Crippen molar-refractivity contribution in [2.75, 3.05) is 26.2 Å². The Morgan fingerprint density at radius 2 is 1.91 bits per heavy atom. The van der Waals surface area contributed by atoms with Crippen LogP contribution in [0.15, 0.2) is 24.3 Å². The molecule has 128 valence electrons. The Morgan fingerprint density at radius 3 is 2.61 bits per heavy atom. The largest absolute Gasteiger partial charge is 0.317 e. The smallest absolute Gasteiger partial charge is 0.282 e. The van der Waals surface area contributed by atoms with Crippen LogP contribution >= 0.6 is 0 Å². The Kier molecular flexibility index (Phi) is 5.36. The summed E-state index contributed by atoms with van der Waals surface area (Å²) in [5.74, 6) is 0. The topological polar surface area (TPSA) is 52.7 Å². The van der Waals surface area contributed by atoms with Gasteiger partial charge in [0, 0.05) is 25.7 Å². The van der Waals surface area contributed by atoms with Crippen LogP contribution in [-0.4, -0.2) is 49.2 Å². The van der Waals surface area contributed by atoms with Crippen LogP contribution in [0.5, 0.6) is 0 Å². The van der Waals surface area contributed by atoms with Crippen molar-refractivity contribution in [2.45, 2.75) is 45.2 Å². The van der Waals surface area contributed by atoms with E-state index in [1.54, 1.807) is 8.61 Å². The third-order valence-corrected chi connectivity index (χ3v) is 6.92. The van der Waals surface area contributed by atoms with Crippen molar-refractivity contribution in [1.82, 2.24) is 13.9 Å². The lowest BCUT2D eigenvalue weighted by Crippen LogP contribution is -2.52. The predicted octanol–water partition coefficient (Wildman–Crippen LogP) is 1.75. The second kappa shape index (κ2) is 7.30. The summed E-state index contributed by atoms with van der Waals surface area (Å²) >= 11 is 0. The summed E-state index contributed by atoms with van der Waals surface area (Å²) in [7, 11) is -3.39. The molecule has 0 unspecified atom stereocenters. The average molecular weight is 337 g/mol. The Bertz CT molecular complexity index is 626. The van der Waals surface area contributed by atoms with Gasteiger partial charge in [0.25, 0.3) is 10.2 Å². The Balaban J connectivity index is 1.81. The van der Waals surface area contributed by atoms with Crippen molar-refractivity contribution in [3.05, 3.63) is 35.4 Å². The van der Waals surface area contributed by atoms with Crippen molar-refractivity contribution in [3.63, 3.8) is 0 Å². The third kappa shape index (κ3) is 3.60. The van der Waals surface area contributed by atoms with E-state index in [-0.39, 0.29) is 6.04 Å². The molecule has 0 radical (unpaired) electrons. The highest BCUT2D eigenvalue weighted by atomic mass is 32.2. The predicted molar refractivity (Wildman–Crippen MR) is 92.4 cm³/mol. The van der Waals surface area contributed by atoms with E-state index in [9.17, 15) is 8.42 Å². The monoisotopic (exact) mass is 337 g/mol. The van der Waals surface area contributed by atoms with Crippen LogP contribution < -0.4 is 5.32 Å². The van der Waals surface area contributed by atoms with Crippen LogP contribution in [-0.2, 0) is 23.2 Å². The Hall–Kier alpha value is -0.950. The normalized spacial score (nSPS) is 20.6. The zero-order chi connectivity index (χ0) is 16.3. The molecule has 0 spiro atoms. The molecule has 1 saturated heterocycles. The zero-order valence-electron chi connectivity index (χ0n) is 13.9. The number of nitrogens with one attached hydrogen (secondary N) is 1. The van der Waals surface area contributed by atoms with E-state index in [4.69, 9.17) is 0 Å². The molecule has 1 N–H and O–H groups in total. The number of piperidine rings is 1. The van der Waals surface area contributed by atoms with Gasteiger partial charge >= 0.3 is 0 Å². The van der Waals surface area contributed by atoms with Gasteiger partial charge in [0.05, 0.1) is 0 Å². The summed E-state index contributed by atoms with van der Waals surface area (Å²) in [5.41, 5.74) is 2.42. The van der Waals surface area contributed by atoms with Gasteiger partial charge in [-0.1, -0.05) is 31.2 Å². The first-order valence-corrected chi connectivity index (χ1v) is 10.1. The minimum Gasteiger partial charge on any atom is -0.317 e. The number of nitrogens with zero attached hydrogens (tertiary/aromatic N) is 2. The third-order valence-electron chi connectivity index (χ3n) is 4.88. The summed E-state index contributed by atoms with van der Waals surface area (Å²) in [6, 6.07) is 8.31. The molecule has 0 saturated carbocycles. The molecular weight excluding hydrogens is 310 g/mol. The van der Waals surface area contributed by atoms with Crippen molar-refractivity contribution < 1.29 is 8.42 Å². The van der Waals surface area contributed by atoms with Gasteiger partial charge in [-0.25, -0.2) is 0 Å². The molecule has 2 aliphatic rings. The zero-order valence-corrected chi connectivity index (χ0v) is 14.7. The number of benzene rings is 1. The summed E-state index contributed by atoms with van der Waals surface area (Å²) in [4.78, 5) is 0. The van der Waals surface area contributed by atoms with E-state index in [2.05, 4.69) is 18.3 Å². The quantitative estimate of drug-likeness (QED) is 0.891. The van der Waals surface area contributed by atoms with Crippen molar-refractivity contribution in [1.29, 1.82) is 0 Å². The van der Waals surface area contributed by atoms with Gasteiger partial charge in [0.2, 0.25) is 0 Å². The van der Waals surface area contributed by atoms with E-state index in [1.807, 2.05) is 18.2 Å². The second-order valence-electron chi connectivity index (χ2n) is 6.45. The first-order valence-electron chi connectivity index (χ1n) is 8.67. The van der Waals surface area contributed by atoms with E-state index in [0.717, 1.165) is 44.3 Å². The first-order chi connectivity index (χ1) is 11.1. The Morgan fingerprint density at radius 1 is 1.22 bits per heavy atom. The number of rotatable bonds is 5. The second-order valence-corrected chi connectivity index (χ2v) is 8.33.